The zero-order chi connectivity index (χ0) is 6.97. The van der Waals surface area contributed by atoms with Crippen molar-refractivity contribution < 1.29 is 0 Å². The summed E-state index contributed by atoms with van der Waals surface area (Å²) >= 11 is 0. The zero-order valence-electron chi connectivity index (χ0n) is 6.25. The fourth-order valence-corrected chi connectivity index (χ4v) is 1.13. The molecule has 0 unspecified atom stereocenters. The molecule has 1 saturated carbocycles. The van der Waals surface area contributed by atoms with Crippen LogP contribution in [0.15, 0.2) is 12.3 Å². The van der Waals surface area contributed by atoms with E-state index in [2.05, 4.69) is 22.8 Å². The predicted molar refractivity (Wildman–Crippen MR) is 39.7 cm³/mol. The third kappa shape index (κ3) is 1.06. The highest BCUT2D eigenvalue weighted by Crippen LogP contribution is 2.30. The van der Waals surface area contributed by atoms with Gasteiger partial charge >= 0.3 is 0 Å². The summed E-state index contributed by atoms with van der Waals surface area (Å²) in [5.74, 6) is 0.929. The second-order valence-corrected chi connectivity index (χ2v) is 3.10. The first kappa shape index (κ1) is 5.96. The molecule has 1 aromatic rings. The molecule has 1 heterocycles. The van der Waals surface area contributed by atoms with E-state index in [9.17, 15) is 0 Å². The van der Waals surface area contributed by atoms with Gasteiger partial charge in [0.2, 0.25) is 0 Å². The number of hydrogen-bond acceptors (Lipinski definition) is 1. The Hall–Kier alpha value is -0.790. The Kier molecular flexibility index (Phi) is 1.26. The lowest BCUT2D eigenvalue weighted by Gasteiger charge is -2.00. The quantitative estimate of drug-likeness (QED) is 0.604. The summed E-state index contributed by atoms with van der Waals surface area (Å²) in [5, 5.41) is 4.21. The second-order valence-electron chi connectivity index (χ2n) is 3.10. The lowest BCUT2D eigenvalue weighted by molar-refractivity contribution is 0.550. The van der Waals surface area contributed by atoms with Crippen molar-refractivity contribution in [1.82, 2.24) is 9.78 Å². The van der Waals surface area contributed by atoms with Crippen LogP contribution >= 0.6 is 0 Å². The molecule has 2 rings (SSSR count). The van der Waals surface area contributed by atoms with Gasteiger partial charge in [-0.05, 0) is 31.7 Å². The Morgan fingerprint density at radius 2 is 2.50 bits per heavy atom. The Labute approximate surface area is 60.9 Å². The van der Waals surface area contributed by atoms with Crippen molar-refractivity contribution in [3.8, 4) is 0 Å². The van der Waals surface area contributed by atoms with Gasteiger partial charge in [0.05, 0.1) is 0 Å². The number of nitrogens with zero attached hydrogens (tertiary/aromatic N) is 2. The van der Waals surface area contributed by atoms with Crippen LogP contribution in [0, 0.1) is 12.8 Å². The molecule has 0 aliphatic heterocycles. The largest absolute Gasteiger partial charge is 0.270 e. The molecule has 10 heavy (non-hydrogen) atoms. The highest BCUT2D eigenvalue weighted by Gasteiger charge is 2.22. The van der Waals surface area contributed by atoms with Gasteiger partial charge in [0.1, 0.15) is 0 Å². The Balaban J connectivity index is 2.08. The van der Waals surface area contributed by atoms with Crippen LogP contribution in [-0.2, 0) is 6.54 Å². The first-order valence-corrected chi connectivity index (χ1v) is 3.84. The van der Waals surface area contributed by atoms with Crippen molar-refractivity contribution in [1.29, 1.82) is 0 Å². The first-order valence-electron chi connectivity index (χ1n) is 3.84. The van der Waals surface area contributed by atoms with Crippen molar-refractivity contribution in [3.05, 3.63) is 18.0 Å². The Bertz CT molecular complexity index is 223. The predicted octanol–water partition coefficient (Wildman–Crippen LogP) is 1.60. The summed E-state index contributed by atoms with van der Waals surface area (Å²) in [7, 11) is 0. The monoisotopic (exact) mass is 136 g/mol. The van der Waals surface area contributed by atoms with Crippen molar-refractivity contribution in [2.45, 2.75) is 26.3 Å². The molecule has 0 N–H and O–H groups in total. The third-order valence-electron chi connectivity index (χ3n) is 2.06. The smallest absolute Gasteiger partial charge is 0.0492 e. The molecule has 0 radical (unpaired) electrons. The highest BCUT2D eigenvalue weighted by atomic mass is 15.3. The van der Waals surface area contributed by atoms with Crippen LogP contribution in [0.5, 0.6) is 0 Å². The molecule has 0 atom stereocenters. The lowest BCUT2D eigenvalue weighted by atomic mass is 10.4. The van der Waals surface area contributed by atoms with Crippen molar-refractivity contribution >= 4 is 0 Å². The third-order valence-corrected chi connectivity index (χ3v) is 2.06. The standard InChI is InChI=1S/C8H12N2/c1-7-4-5-9-10(7)6-8-2-3-8/h4-5,8H,2-3,6H2,1H3. The van der Waals surface area contributed by atoms with E-state index in [1.807, 2.05) is 6.20 Å². The fraction of sp³-hybridized carbons (Fsp3) is 0.625. The van der Waals surface area contributed by atoms with E-state index in [4.69, 9.17) is 0 Å². The average Bonchev–Trinajstić information content (AvgIpc) is 2.62. The summed E-state index contributed by atoms with van der Waals surface area (Å²) in [5.41, 5.74) is 1.28. The van der Waals surface area contributed by atoms with Gasteiger partial charge in [-0.25, -0.2) is 0 Å². The van der Waals surface area contributed by atoms with Crippen molar-refractivity contribution in [2.75, 3.05) is 0 Å². The van der Waals surface area contributed by atoms with E-state index < -0.39 is 0 Å². The second kappa shape index (κ2) is 2.11. The van der Waals surface area contributed by atoms with Gasteiger partial charge in [-0.15, -0.1) is 0 Å². The van der Waals surface area contributed by atoms with Gasteiger partial charge in [0, 0.05) is 18.4 Å². The minimum atomic E-state index is 0.929. The molecule has 0 bridgehead atoms. The van der Waals surface area contributed by atoms with Crippen LogP contribution in [0.4, 0.5) is 0 Å². The lowest BCUT2D eigenvalue weighted by Crippen LogP contribution is -2.02. The molecule has 1 aliphatic rings. The average molecular weight is 136 g/mol. The molecule has 54 valence electrons. The highest BCUT2D eigenvalue weighted by molar-refractivity contribution is 4.97. The maximum absolute atomic E-state index is 4.21. The molecule has 0 saturated heterocycles. The molecule has 1 aromatic heterocycles. The van der Waals surface area contributed by atoms with Gasteiger partial charge in [-0.2, -0.15) is 5.10 Å². The Morgan fingerprint density at radius 1 is 1.70 bits per heavy atom. The Morgan fingerprint density at radius 3 is 3.00 bits per heavy atom. The van der Waals surface area contributed by atoms with E-state index in [0.29, 0.717) is 0 Å². The first-order chi connectivity index (χ1) is 4.86. The molecular formula is C8H12N2. The molecule has 2 nitrogen and oxygen atoms in total. The van der Waals surface area contributed by atoms with Crippen molar-refractivity contribution in [3.63, 3.8) is 0 Å². The minimum absolute atomic E-state index is 0.929. The van der Waals surface area contributed by atoms with Crippen LogP contribution in [0.3, 0.4) is 0 Å². The molecule has 0 aromatic carbocycles. The summed E-state index contributed by atoms with van der Waals surface area (Å²) in [4.78, 5) is 0. The summed E-state index contributed by atoms with van der Waals surface area (Å²) < 4.78 is 2.09. The zero-order valence-corrected chi connectivity index (χ0v) is 6.25. The number of hydrogen-bond donors (Lipinski definition) is 0. The maximum atomic E-state index is 4.21. The summed E-state index contributed by atoms with van der Waals surface area (Å²) in [6.45, 7) is 3.24. The van der Waals surface area contributed by atoms with Gasteiger partial charge in [0.15, 0.2) is 0 Å². The molecule has 0 spiro atoms. The fourth-order valence-electron chi connectivity index (χ4n) is 1.13. The van der Waals surface area contributed by atoms with Crippen molar-refractivity contribution in [2.24, 2.45) is 5.92 Å². The summed E-state index contributed by atoms with van der Waals surface area (Å²) in [6.07, 6.45) is 4.68. The van der Waals surface area contributed by atoms with Crippen LogP contribution < -0.4 is 0 Å². The van der Waals surface area contributed by atoms with Gasteiger partial charge in [-0.1, -0.05) is 0 Å². The molecule has 0 amide bonds. The number of aryl methyl sites for hydroxylation is 1. The number of aromatic nitrogens is 2. The molecule has 2 heteroatoms. The van der Waals surface area contributed by atoms with E-state index in [0.717, 1.165) is 12.5 Å². The van der Waals surface area contributed by atoms with Gasteiger partial charge in [0.25, 0.3) is 0 Å². The molecular weight excluding hydrogens is 124 g/mol. The minimum Gasteiger partial charge on any atom is -0.270 e. The van der Waals surface area contributed by atoms with Crippen LogP contribution in [0.25, 0.3) is 0 Å². The maximum Gasteiger partial charge on any atom is 0.0492 e. The van der Waals surface area contributed by atoms with Crippen LogP contribution in [0.1, 0.15) is 18.5 Å². The normalized spacial score (nSPS) is 17.7. The number of rotatable bonds is 2. The van der Waals surface area contributed by atoms with E-state index in [1.165, 1.54) is 18.5 Å². The SMILES string of the molecule is Cc1ccnn1CC1CC1. The molecule has 1 fully saturated rings. The van der Waals surface area contributed by atoms with Gasteiger partial charge < -0.3 is 0 Å². The van der Waals surface area contributed by atoms with Gasteiger partial charge in [-0.3, -0.25) is 4.68 Å². The summed E-state index contributed by atoms with van der Waals surface area (Å²) in [6, 6.07) is 2.06. The van der Waals surface area contributed by atoms with E-state index in [1.54, 1.807) is 0 Å². The van der Waals surface area contributed by atoms with Crippen LogP contribution in [0.2, 0.25) is 0 Å². The van der Waals surface area contributed by atoms with E-state index >= 15 is 0 Å². The van der Waals surface area contributed by atoms with E-state index in [-0.39, 0.29) is 0 Å². The topological polar surface area (TPSA) is 17.8 Å². The molecule has 1 aliphatic carbocycles. The van der Waals surface area contributed by atoms with Crippen LogP contribution in [-0.4, -0.2) is 9.78 Å².